The predicted molar refractivity (Wildman–Crippen MR) is 51.2 cm³/mol. The van der Waals surface area contributed by atoms with Gasteiger partial charge in [-0.15, -0.1) is 0 Å². The molecule has 0 aliphatic rings. The summed E-state index contributed by atoms with van der Waals surface area (Å²) in [5, 5.41) is 0. The van der Waals surface area contributed by atoms with E-state index in [1.165, 1.54) is 0 Å². The predicted octanol–water partition coefficient (Wildman–Crippen LogP) is 1.35. The zero-order valence-corrected chi connectivity index (χ0v) is 8.47. The van der Waals surface area contributed by atoms with E-state index in [4.69, 9.17) is 10.5 Å². The van der Waals surface area contributed by atoms with Gasteiger partial charge in [-0.3, -0.25) is 0 Å². The lowest BCUT2D eigenvalue weighted by Gasteiger charge is -2.03. The number of ether oxygens (including phenoxy) is 1. The van der Waals surface area contributed by atoms with Crippen molar-refractivity contribution in [3.8, 4) is 5.75 Å². The molecular weight excluding hydrogens is 220 g/mol. The zero-order valence-electron chi connectivity index (χ0n) is 6.88. The first-order valence-electron chi connectivity index (χ1n) is 3.67. The van der Waals surface area contributed by atoms with Crippen LogP contribution in [-0.4, -0.2) is 18.6 Å². The number of hydrogen-bond acceptors (Lipinski definition) is 3. The second kappa shape index (κ2) is 4.42. The quantitative estimate of drug-likeness (QED) is 0.799. The monoisotopic (exact) mass is 230 g/mol. The van der Waals surface area contributed by atoms with Gasteiger partial charge in [0.1, 0.15) is 4.60 Å². The number of rotatable bonds is 3. The van der Waals surface area contributed by atoms with E-state index in [9.17, 15) is 0 Å². The van der Waals surface area contributed by atoms with E-state index in [-0.39, 0.29) is 0 Å². The van der Waals surface area contributed by atoms with Gasteiger partial charge in [-0.25, -0.2) is 4.98 Å². The molecule has 1 rings (SSSR count). The summed E-state index contributed by atoms with van der Waals surface area (Å²) in [6.45, 7) is 0.617. The van der Waals surface area contributed by atoms with E-state index in [1.54, 1.807) is 7.11 Å². The molecule has 3 nitrogen and oxygen atoms in total. The maximum Gasteiger partial charge on any atom is 0.151 e. The lowest BCUT2D eigenvalue weighted by molar-refractivity contribution is 0.409. The number of pyridine rings is 1. The Bertz CT molecular complexity index is 265. The van der Waals surface area contributed by atoms with Crippen LogP contribution in [0.5, 0.6) is 5.75 Å². The Morgan fingerprint density at radius 1 is 1.58 bits per heavy atom. The first-order chi connectivity index (χ1) is 5.77. The maximum atomic E-state index is 5.39. The minimum Gasteiger partial charge on any atom is -0.494 e. The average Bonchev–Trinajstić information content (AvgIpc) is 2.05. The normalized spacial score (nSPS) is 9.92. The lowest BCUT2D eigenvalue weighted by Crippen LogP contribution is -2.04. The van der Waals surface area contributed by atoms with Crippen LogP contribution in [0.15, 0.2) is 16.7 Å². The molecule has 0 bridgehead atoms. The summed E-state index contributed by atoms with van der Waals surface area (Å²) in [7, 11) is 1.62. The number of nitrogens with two attached hydrogens (primary N) is 1. The van der Waals surface area contributed by atoms with Crippen LogP contribution in [0.25, 0.3) is 0 Å². The van der Waals surface area contributed by atoms with Crippen LogP contribution >= 0.6 is 15.9 Å². The summed E-state index contributed by atoms with van der Waals surface area (Å²) in [6, 6.07) is 3.79. The van der Waals surface area contributed by atoms with Gasteiger partial charge < -0.3 is 10.5 Å². The third-order valence-corrected chi connectivity index (χ3v) is 2.06. The summed E-state index contributed by atoms with van der Waals surface area (Å²) < 4.78 is 5.77. The molecule has 4 heteroatoms. The van der Waals surface area contributed by atoms with Crippen LogP contribution in [-0.2, 0) is 6.42 Å². The van der Waals surface area contributed by atoms with Crippen molar-refractivity contribution in [2.75, 3.05) is 13.7 Å². The first kappa shape index (κ1) is 9.48. The molecule has 2 N–H and O–H groups in total. The van der Waals surface area contributed by atoms with Crippen LogP contribution in [0.3, 0.4) is 0 Å². The molecule has 12 heavy (non-hydrogen) atoms. The van der Waals surface area contributed by atoms with Crippen LogP contribution in [0.2, 0.25) is 0 Å². The lowest BCUT2D eigenvalue weighted by atomic mass is 10.3. The van der Waals surface area contributed by atoms with Gasteiger partial charge in [-0.2, -0.15) is 0 Å². The van der Waals surface area contributed by atoms with Crippen LogP contribution in [0.4, 0.5) is 0 Å². The summed E-state index contributed by atoms with van der Waals surface area (Å²) in [4.78, 5) is 4.25. The Balaban J connectivity index is 2.86. The van der Waals surface area contributed by atoms with Crippen molar-refractivity contribution in [2.24, 2.45) is 5.73 Å². The summed E-state index contributed by atoms with van der Waals surface area (Å²) in [6.07, 6.45) is 0.794. The molecule has 0 aliphatic carbocycles. The highest BCUT2D eigenvalue weighted by Crippen LogP contribution is 2.21. The molecule has 0 saturated heterocycles. The van der Waals surface area contributed by atoms with Crippen LogP contribution < -0.4 is 10.5 Å². The van der Waals surface area contributed by atoms with Gasteiger partial charge in [-0.05, 0) is 34.6 Å². The van der Waals surface area contributed by atoms with E-state index in [2.05, 4.69) is 20.9 Å². The molecule has 1 aromatic rings. The third-order valence-electron chi connectivity index (χ3n) is 1.49. The molecular formula is C8H11BrN2O. The zero-order chi connectivity index (χ0) is 8.97. The highest BCUT2D eigenvalue weighted by molar-refractivity contribution is 9.10. The van der Waals surface area contributed by atoms with Gasteiger partial charge >= 0.3 is 0 Å². The van der Waals surface area contributed by atoms with E-state index < -0.39 is 0 Å². The third kappa shape index (κ3) is 2.19. The van der Waals surface area contributed by atoms with Crippen molar-refractivity contribution >= 4 is 15.9 Å². The number of hydrogen-bond donors (Lipinski definition) is 1. The Labute approximate surface area is 80.1 Å². The Morgan fingerprint density at radius 3 is 2.83 bits per heavy atom. The van der Waals surface area contributed by atoms with E-state index in [0.29, 0.717) is 6.54 Å². The number of halogens is 1. The summed E-state index contributed by atoms with van der Waals surface area (Å²) in [5.41, 5.74) is 6.37. The standard InChI is InChI=1S/C8H11BrN2O/c1-12-7-3-2-6(4-5-10)11-8(7)9/h2-3H,4-5,10H2,1H3. The van der Waals surface area contributed by atoms with Crippen LogP contribution in [0.1, 0.15) is 5.69 Å². The van der Waals surface area contributed by atoms with Gasteiger partial charge in [0, 0.05) is 12.1 Å². The molecule has 0 saturated carbocycles. The second-order valence-corrected chi connectivity index (χ2v) is 3.09. The average molecular weight is 231 g/mol. The Hall–Kier alpha value is -0.610. The van der Waals surface area contributed by atoms with Crippen molar-refractivity contribution in [1.29, 1.82) is 0 Å². The fourth-order valence-electron chi connectivity index (χ4n) is 0.898. The number of methoxy groups -OCH3 is 1. The summed E-state index contributed by atoms with van der Waals surface area (Å²) in [5.74, 6) is 0.746. The van der Waals surface area contributed by atoms with E-state index in [1.807, 2.05) is 12.1 Å². The van der Waals surface area contributed by atoms with Crippen molar-refractivity contribution in [3.63, 3.8) is 0 Å². The highest BCUT2D eigenvalue weighted by atomic mass is 79.9. The molecule has 0 radical (unpaired) electrons. The SMILES string of the molecule is COc1ccc(CCN)nc1Br. The fraction of sp³-hybridized carbons (Fsp3) is 0.375. The smallest absolute Gasteiger partial charge is 0.151 e. The van der Waals surface area contributed by atoms with Gasteiger partial charge in [0.15, 0.2) is 5.75 Å². The van der Waals surface area contributed by atoms with E-state index in [0.717, 1.165) is 22.5 Å². The molecule has 0 aliphatic heterocycles. The molecule has 0 aromatic carbocycles. The van der Waals surface area contributed by atoms with Crippen LogP contribution in [0, 0.1) is 0 Å². The number of aromatic nitrogens is 1. The molecule has 1 heterocycles. The molecule has 66 valence electrons. The minimum atomic E-state index is 0.617. The van der Waals surface area contributed by atoms with E-state index >= 15 is 0 Å². The van der Waals surface area contributed by atoms with Crippen molar-refractivity contribution < 1.29 is 4.74 Å². The second-order valence-electron chi connectivity index (χ2n) is 2.33. The number of nitrogens with zero attached hydrogens (tertiary/aromatic N) is 1. The highest BCUT2D eigenvalue weighted by Gasteiger charge is 2.01. The summed E-state index contributed by atoms with van der Waals surface area (Å²) >= 11 is 3.30. The molecule has 0 spiro atoms. The van der Waals surface area contributed by atoms with Crippen molar-refractivity contribution in [2.45, 2.75) is 6.42 Å². The molecule has 1 aromatic heterocycles. The molecule has 0 amide bonds. The maximum absolute atomic E-state index is 5.39. The van der Waals surface area contributed by atoms with Gasteiger partial charge in [0.25, 0.3) is 0 Å². The van der Waals surface area contributed by atoms with Crippen molar-refractivity contribution in [3.05, 3.63) is 22.4 Å². The minimum absolute atomic E-state index is 0.617. The van der Waals surface area contributed by atoms with Gasteiger partial charge in [0.05, 0.1) is 7.11 Å². The van der Waals surface area contributed by atoms with Gasteiger partial charge in [0.2, 0.25) is 0 Å². The van der Waals surface area contributed by atoms with Crippen molar-refractivity contribution in [1.82, 2.24) is 4.98 Å². The Morgan fingerprint density at radius 2 is 2.33 bits per heavy atom. The first-order valence-corrected chi connectivity index (χ1v) is 4.46. The van der Waals surface area contributed by atoms with Gasteiger partial charge in [-0.1, -0.05) is 0 Å². The largest absolute Gasteiger partial charge is 0.494 e. The molecule has 0 atom stereocenters. The Kier molecular flexibility index (Phi) is 3.49. The fourth-order valence-corrected chi connectivity index (χ4v) is 1.42. The topological polar surface area (TPSA) is 48.1 Å². The molecule has 0 unspecified atom stereocenters. The molecule has 0 fully saturated rings.